The van der Waals surface area contributed by atoms with Crippen LogP contribution in [0.25, 0.3) is 11.3 Å². The molecule has 6 nitrogen and oxygen atoms in total. The Labute approximate surface area is 174 Å². The first-order chi connectivity index (χ1) is 14.1. The average Bonchev–Trinajstić information content (AvgIpc) is 3.15. The summed E-state index contributed by atoms with van der Waals surface area (Å²) < 4.78 is 6.00. The molecule has 1 aliphatic heterocycles. The van der Waals surface area contributed by atoms with Crippen LogP contribution in [0.4, 0.5) is 0 Å². The van der Waals surface area contributed by atoms with Crippen molar-refractivity contribution >= 4 is 17.7 Å². The Hall–Kier alpha value is -2.93. The Morgan fingerprint density at radius 1 is 1.24 bits per heavy atom. The third-order valence-corrected chi connectivity index (χ3v) is 5.61. The summed E-state index contributed by atoms with van der Waals surface area (Å²) in [6.07, 6.45) is 4.20. The summed E-state index contributed by atoms with van der Waals surface area (Å²) in [7, 11) is 0. The van der Waals surface area contributed by atoms with Crippen LogP contribution in [0, 0.1) is 13.8 Å². The SMILES string of the molecule is Cc1cnc(C)c(-c2ccc3c(c2)CC(CNC(=O)CSc2ccccn2)O3)n1. The van der Waals surface area contributed by atoms with Crippen LogP contribution in [0.2, 0.25) is 0 Å². The van der Waals surface area contributed by atoms with Gasteiger partial charge in [-0.1, -0.05) is 17.8 Å². The zero-order chi connectivity index (χ0) is 20.2. The molecule has 0 saturated heterocycles. The van der Waals surface area contributed by atoms with Crippen LogP contribution in [0.1, 0.15) is 17.0 Å². The molecule has 7 heteroatoms. The summed E-state index contributed by atoms with van der Waals surface area (Å²) >= 11 is 1.42. The van der Waals surface area contributed by atoms with Crippen molar-refractivity contribution < 1.29 is 9.53 Å². The van der Waals surface area contributed by atoms with Crippen LogP contribution in [0.15, 0.2) is 53.8 Å². The van der Waals surface area contributed by atoms with Crippen LogP contribution >= 0.6 is 11.8 Å². The van der Waals surface area contributed by atoms with Gasteiger partial charge in [0.2, 0.25) is 5.91 Å². The molecule has 148 valence electrons. The smallest absolute Gasteiger partial charge is 0.230 e. The fraction of sp³-hybridized carbons (Fsp3) is 0.273. The predicted molar refractivity (Wildman–Crippen MR) is 113 cm³/mol. The zero-order valence-corrected chi connectivity index (χ0v) is 17.2. The summed E-state index contributed by atoms with van der Waals surface area (Å²) in [5.41, 5.74) is 4.87. The summed E-state index contributed by atoms with van der Waals surface area (Å²) in [6.45, 7) is 4.39. The number of carbonyl (C=O) groups is 1. The maximum Gasteiger partial charge on any atom is 0.230 e. The van der Waals surface area contributed by atoms with Gasteiger partial charge in [-0.3, -0.25) is 9.78 Å². The van der Waals surface area contributed by atoms with E-state index in [1.165, 1.54) is 11.8 Å². The molecular formula is C22H22N4O2S. The van der Waals surface area contributed by atoms with Crippen molar-refractivity contribution in [3.05, 3.63) is 65.7 Å². The van der Waals surface area contributed by atoms with Crippen molar-refractivity contribution in [1.29, 1.82) is 0 Å². The van der Waals surface area contributed by atoms with Crippen molar-refractivity contribution in [2.24, 2.45) is 0 Å². The van der Waals surface area contributed by atoms with Crippen LogP contribution in [-0.4, -0.2) is 39.3 Å². The number of carbonyl (C=O) groups excluding carboxylic acids is 1. The van der Waals surface area contributed by atoms with Gasteiger partial charge in [0.05, 0.1) is 34.4 Å². The minimum Gasteiger partial charge on any atom is -0.488 e. The molecule has 0 bridgehead atoms. The van der Waals surface area contributed by atoms with Gasteiger partial charge < -0.3 is 10.1 Å². The fourth-order valence-electron chi connectivity index (χ4n) is 3.24. The molecule has 0 fully saturated rings. The molecule has 0 radical (unpaired) electrons. The summed E-state index contributed by atoms with van der Waals surface area (Å²) in [6, 6.07) is 11.8. The zero-order valence-electron chi connectivity index (χ0n) is 16.4. The van der Waals surface area contributed by atoms with Crippen LogP contribution in [0.5, 0.6) is 5.75 Å². The highest BCUT2D eigenvalue weighted by atomic mass is 32.2. The molecule has 1 N–H and O–H groups in total. The van der Waals surface area contributed by atoms with E-state index in [4.69, 9.17) is 4.74 Å². The highest BCUT2D eigenvalue weighted by molar-refractivity contribution is 7.99. The molecular weight excluding hydrogens is 384 g/mol. The molecule has 1 amide bonds. The van der Waals surface area contributed by atoms with E-state index in [1.807, 2.05) is 44.2 Å². The van der Waals surface area contributed by atoms with E-state index in [0.29, 0.717) is 12.3 Å². The standard InChI is InChI=1S/C22H22N4O2S/c1-14-11-24-15(2)22(26-14)16-6-7-19-17(9-16)10-18(28-19)12-25-20(27)13-29-21-5-3-4-8-23-21/h3-9,11,18H,10,12-13H2,1-2H3,(H,25,27). The van der Waals surface area contributed by atoms with E-state index in [9.17, 15) is 4.79 Å². The number of fused-ring (bicyclic) bond motifs is 1. The highest BCUT2D eigenvalue weighted by Crippen LogP contribution is 2.33. The van der Waals surface area contributed by atoms with Crippen LogP contribution < -0.4 is 10.1 Å². The lowest BCUT2D eigenvalue weighted by Gasteiger charge is -2.11. The van der Waals surface area contributed by atoms with Crippen LogP contribution in [-0.2, 0) is 11.2 Å². The van der Waals surface area contributed by atoms with Gasteiger partial charge in [0.1, 0.15) is 11.9 Å². The largest absolute Gasteiger partial charge is 0.488 e. The lowest BCUT2D eigenvalue weighted by atomic mass is 10.0. The molecule has 1 atom stereocenters. The number of ether oxygens (including phenoxy) is 1. The first-order valence-electron chi connectivity index (χ1n) is 9.49. The first-order valence-corrected chi connectivity index (χ1v) is 10.5. The number of hydrogen-bond acceptors (Lipinski definition) is 6. The number of hydrogen-bond donors (Lipinski definition) is 1. The number of aromatic nitrogens is 3. The second-order valence-corrected chi connectivity index (χ2v) is 7.97. The summed E-state index contributed by atoms with van der Waals surface area (Å²) in [4.78, 5) is 25.4. The number of rotatable bonds is 6. The first kappa shape index (κ1) is 19.4. The van der Waals surface area contributed by atoms with Gasteiger partial charge in [0, 0.05) is 24.4 Å². The maximum atomic E-state index is 12.1. The third-order valence-electron chi connectivity index (χ3n) is 4.67. The number of nitrogens with zero attached hydrogens (tertiary/aromatic N) is 3. The van der Waals surface area contributed by atoms with E-state index < -0.39 is 0 Å². The van der Waals surface area contributed by atoms with Crippen LogP contribution in [0.3, 0.4) is 0 Å². The van der Waals surface area contributed by atoms with Gasteiger partial charge in [-0.05, 0) is 49.7 Å². The summed E-state index contributed by atoms with van der Waals surface area (Å²) in [5, 5.41) is 3.80. The van der Waals surface area contributed by atoms with Gasteiger partial charge in [-0.2, -0.15) is 0 Å². The fourth-order valence-corrected chi connectivity index (χ4v) is 3.93. The molecule has 0 spiro atoms. The molecule has 0 saturated carbocycles. The van der Waals surface area contributed by atoms with Crippen molar-refractivity contribution in [3.63, 3.8) is 0 Å². The number of nitrogens with one attached hydrogen (secondary N) is 1. The lowest BCUT2D eigenvalue weighted by Crippen LogP contribution is -2.35. The van der Waals surface area contributed by atoms with Crippen molar-refractivity contribution in [2.45, 2.75) is 31.4 Å². The number of pyridine rings is 1. The van der Waals surface area contributed by atoms with Gasteiger partial charge in [0.25, 0.3) is 0 Å². The number of thioether (sulfide) groups is 1. The van der Waals surface area contributed by atoms with E-state index in [-0.39, 0.29) is 12.0 Å². The van der Waals surface area contributed by atoms with Gasteiger partial charge in [0.15, 0.2) is 0 Å². The number of aryl methyl sites for hydroxylation is 2. The van der Waals surface area contributed by atoms with Crippen molar-refractivity contribution in [2.75, 3.05) is 12.3 Å². The Balaban J connectivity index is 1.33. The molecule has 1 aromatic carbocycles. The van der Waals surface area contributed by atoms with Gasteiger partial charge in [-0.15, -0.1) is 0 Å². The lowest BCUT2D eigenvalue weighted by molar-refractivity contribution is -0.118. The minimum atomic E-state index is -0.0614. The summed E-state index contributed by atoms with van der Waals surface area (Å²) in [5.74, 6) is 1.19. The molecule has 1 aliphatic rings. The maximum absolute atomic E-state index is 12.1. The minimum absolute atomic E-state index is 0.0217. The Morgan fingerprint density at radius 3 is 2.97 bits per heavy atom. The molecule has 3 aromatic rings. The number of amides is 1. The van der Waals surface area contributed by atoms with E-state index >= 15 is 0 Å². The Bertz CT molecular complexity index is 1030. The van der Waals surface area contributed by atoms with Crippen molar-refractivity contribution in [3.8, 4) is 17.0 Å². The predicted octanol–water partition coefficient (Wildman–Crippen LogP) is 3.37. The number of benzene rings is 1. The second-order valence-electron chi connectivity index (χ2n) is 6.97. The molecule has 1 unspecified atom stereocenters. The quantitative estimate of drug-likeness (QED) is 0.633. The topological polar surface area (TPSA) is 77.0 Å². The average molecular weight is 407 g/mol. The van der Waals surface area contributed by atoms with Gasteiger partial charge in [-0.25, -0.2) is 9.97 Å². The van der Waals surface area contributed by atoms with Gasteiger partial charge >= 0.3 is 0 Å². The van der Waals surface area contributed by atoms with E-state index in [0.717, 1.165) is 45.4 Å². The molecule has 4 rings (SSSR count). The highest BCUT2D eigenvalue weighted by Gasteiger charge is 2.24. The second kappa shape index (κ2) is 8.61. The molecule has 2 aromatic heterocycles. The molecule has 29 heavy (non-hydrogen) atoms. The Morgan fingerprint density at radius 2 is 2.14 bits per heavy atom. The normalized spacial score (nSPS) is 14.9. The van der Waals surface area contributed by atoms with E-state index in [1.54, 1.807) is 12.4 Å². The molecule has 0 aliphatic carbocycles. The third kappa shape index (κ3) is 4.74. The monoisotopic (exact) mass is 406 g/mol. The molecule has 3 heterocycles. The Kier molecular flexibility index (Phi) is 5.76. The van der Waals surface area contributed by atoms with E-state index in [2.05, 4.69) is 26.3 Å². The van der Waals surface area contributed by atoms with Crippen molar-refractivity contribution in [1.82, 2.24) is 20.3 Å².